The standard InChI is InChI=1S/C11H11ClN2S2/c1-7-10(11(15)14(2)13-7)16-9-5-3-8(12)4-6-9/h3-6,13H,1-2H3. The monoisotopic (exact) mass is 270 g/mol. The summed E-state index contributed by atoms with van der Waals surface area (Å²) in [5, 5.41) is 3.92. The zero-order valence-electron chi connectivity index (χ0n) is 8.95. The number of H-pyrrole nitrogens is 1. The summed E-state index contributed by atoms with van der Waals surface area (Å²) in [5.74, 6) is 0. The number of nitrogens with zero attached hydrogens (tertiary/aromatic N) is 1. The predicted octanol–water partition coefficient (Wildman–Crippen LogP) is 4.20. The molecule has 0 radical (unpaired) electrons. The van der Waals surface area contributed by atoms with Gasteiger partial charge in [-0.25, -0.2) is 0 Å². The molecule has 0 bridgehead atoms. The lowest BCUT2D eigenvalue weighted by Crippen LogP contribution is -1.88. The van der Waals surface area contributed by atoms with Gasteiger partial charge in [0, 0.05) is 22.7 Å². The van der Waals surface area contributed by atoms with Crippen LogP contribution in [0.3, 0.4) is 0 Å². The molecular formula is C11H11ClN2S2. The molecule has 5 heteroatoms. The van der Waals surface area contributed by atoms with Gasteiger partial charge in [0.15, 0.2) is 0 Å². The number of benzene rings is 1. The molecule has 1 aromatic heterocycles. The van der Waals surface area contributed by atoms with Crippen LogP contribution in [0.2, 0.25) is 5.02 Å². The molecule has 0 aliphatic rings. The molecule has 0 saturated heterocycles. The fraction of sp³-hybridized carbons (Fsp3) is 0.182. The lowest BCUT2D eigenvalue weighted by atomic mass is 10.4. The van der Waals surface area contributed by atoms with Crippen molar-refractivity contribution in [3.8, 4) is 0 Å². The largest absolute Gasteiger partial charge is 0.301 e. The van der Waals surface area contributed by atoms with Crippen molar-refractivity contribution in [2.75, 3.05) is 0 Å². The molecule has 0 atom stereocenters. The first kappa shape index (κ1) is 11.8. The van der Waals surface area contributed by atoms with Crippen LogP contribution < -0.4 is 0 Å². The Bertz CT molecular complexity index is 554. The average molecular weight is 271 g/mol. The molecule has 2 rings (SSSR count). The van der Waals surface area contributed by atoms with E-state index >= 15 is 0 Å². The Morgan fingerprint density at radius 1 is 1.31 bits per heavy atom. The summed E-state index contributed by atoms with van der Waals surface area (Å²) in [4.78, 5) is 2.23. The van der Waals surface area contributed by atoms with Crippen molar-refractivity contribution in [1.82, 2.24) is 9.78 Å². The van der Waals surface area contributed by atoms with Gasteiger partial charge in [-0.1, -0.05) is 35.6 Å². The first-order chi connectivity index (χ1) is 7.58. The van der Waals surface area contributed by atoms with Crippen molar-refractivity contribution in [3.05, 3.63) is 39.6 Å². The van der Waals surface area contributed by atoms with Gasteiger partial charge in [-0.15, -0.1) is 0 Å². The fourth-order valence-electron chi connectivity index (χ4n) is 1.41. The Kier molecular flexibility index (Phi) is 3.42. The van der Waals surface area contributed by atoms with Gasteiger partial charge in [0.1, 0.15) is 4.64 Å². The summed E-state index contributed by atoms with van der Waals surface area (Å²) in [5.41, 5.74) is 1.09. The van der Waals surface area contributed by atoms with E-state index in [1.165, 1.54) is 0 Å². The number of nitrogens with one attached hydrogen (secondary N) is 1. The molecule has 0 aliphatic heterocycles. The molecule has 0 unspecified atom stereocenters. The van der Waals surface area contributed by atoms with Gasteiger partial charge < -0.3 is 5.10 Å². The first-order valence-electron chi connectivity index (χ1n) is 4.77. The zero-order valence-corrected chi connectivity index (χ0v) is 11.3. The van der Waals surface area contributed by atoms with Gasteiger partial charge in [0.05, 0.1) is 4.90 Å². The van der Waals surface area contributed by atoms with E-state index in [9.17, 15) is 0 Å². The maximum Gasteiger partial charge on any atom is 0.136 e. The van der Waals surface area contributed by atoms with Gasteiger partial charge in [0.2, 0.25) is 0 Å². The molecular weight excluding hydrogens is 260 g/mol. The van der Waals surface area contributed by atoms with Crippen LogP contribution >= 0.6 is 35.6 Å². The average Bonchev–Trinajstić information content (AvgIpc) is 2.48. The Labute approximate surface area is 109 Å². The minimum atomic E-state index is 0.749. The normalized spacial score (nSPS) is 10.7. The number of aromatic amines is 1. The van der Waals surface area contributed by atoms with E-state index in [1.807, 2.05) is 42.9 Å². The lowest BCUT2D eigenvalue weighted by molar-refractivity contribution is 0.746. The molecule has 0 spiro atoms. The third kappa shape index (κ3) is 2.34. The molecule has 2 aromatic rings. The van der Waals surface area contributed by atoms with Crippen molar-refractivity contribution in [3.63, 3.8) is 0 Å². The van der Waals surface area contributed by atoms with Crippen LogP contribution in [0.25, 0.3) is 0 Å². The van der Waals surface area contributed by atoms with Crippen LogP contribution in [-0.4, -0.2) is 9.78 Å². The Hall–Kier alpha value is -0.710. The van der Waals surface area contributed by atoms with E-state index in [4.69, 9.17) is 23.8 Å². The highest BCUT2D eigenvalue weighted by atomic mass is 35.5. The van der Waals surface area contributed by atoms with Gasteiger partial charge >= 0.3 is 0 Å². The fourth-order valence-corrected chi connectivity index (χ4v) is 2.79. The molecule has 1 N–H and O–H groups in total. The van der Waals surface area contributed by atoms with Crippen LogP contribution in [0.1, 0.15) is 5.69 Å². The molecule has 0 saturated carbocycles. The second-order valence-corrected chi connectivity index (χ2v) is 5.39. The van der Waals surface area contributed by atoms with E-state index in [0.717, 1.165) is 25.1 Å². The van der Waals surface area contributed by atoms with Crippen LogP contribution in [0.4, 0.5) is 0 Å². The molecule has 0 amide bonds. The Morgan fingerprint density at radius 2 is 1.94 bits per heavy atom. The van der Waals surface area contributed by atoms with Crippen molar-refractivity contribution in [2.45, 2.75) is 16.7 Å². The molecule has 84 valence electrons. The van der Waals surface area contributed by atoms with E-state index in [2.05, 4.69) is 5.10 Å². The third-order valence-corrected chi connectivity index (χ3v) is 4.28. The molecule has 1 heterocycles. The van der Waals surface area contributed by atoms with Crippen LogP contribution in [-0.2, 0) is 7.05 Å². The number of hydrogen-bond donors (Lipinski definition) is 1. The number of aryl methyl sites for hydroxylation is 2. The summed E-state index contributed by atoms with van der Waals surface area (Å²) in [7, 11) is 1.92. The number of hydrogen-bond acceptors (Lipinski definition) is 2. The maximum atomic E-state index is 5.84. The van der Waals surface area contributed by atoms with Crippen LogP contribution in [0.5, 0.6) is 0 Å². The van der Waals surface area contributed by atoms with Crippen molar-refractivity contribution >= 4 is 35.6 Å². The zero-order chi connectivity index (χ0) is 11.7. The van der Waals surface area contributed by atoms with E-state index in [-0.39, 0.29) is 0 Å². The predicted molar refractivity (Wildman–Crippen MR) is 70.9 cm³/mol. The van der Waals surface area contributed by atoms with Crippen molar-refractivity contribution < 1.29 is 0 Å². The molecule has 2 nitrogen and oxygen atoms in total. The first-order valence-corrected chi connectivity index (χ1v) is 6.37. The smallest absolute Gasteiger partial charge is 0.136 e. The number of aromatic nitrogens is 2. The molecule has 0 aliphatic carbocycles. The summed E-state index contributed by atoms with van der Waals surface area (Å²) < 4.78 is 2.68. The van der Waals surface area contributed by atoms with Gasteiger partial charge in [-0.3, -0.25) is 4.68 Å². The van der Waals surface area contributed by atoms with E-state index < -0.39 is 0 Å². The number of rotatable bonds is 2. The second kappa shape index (κ2) is 4.65. The quantitative estimate of drug-likeness (QED) is 0.826. The van der Waals surface area contributed by atoms with Crippen molar-refractivity contribution in [2.24, 2.45) is 7.05 Å². The Morgan fingerprint density at radius 3 is 2.44 bits per heavy atom. The van der Waals surface area contributed by atoms with Gasteiger partial charge in [-0.05, 0) is 31.2 Å². The minimum Gasteiger partial charge on any atom is -0.301 e. The molecule has 1 aromatic carbocycles. The third-order valence-electron chi connectivity index (χ3n) is 2.21. The van der Waals surface area contributed by atoms with Crippen LogP contribution in [0.15, 0.2) is 34.1 Å². The molecule has 0 fully saturated rings. The molecule has 16 heavy (non-hydrogen) atoms. The van der Waals surface area contributed by atoms with E-state index in [0.29, 0.717) is 0 Å². The van der Waals surface area contributed by atoms with E-state index in [1.54, 1.807) is 11.8 Å². The summed E-state index contributed by atoms with van der Waals surface area (Å²) in [6.07, 6.45) is 0. The maximum absolute atomic E-state index is 5.84. The SMILES string of the molecule is Cc1[nH]n(C)c(=S)c1Sc1ccc(Cl)cc1. The second-order valence-electron chi connectivity index (χ2n) is 3.49. The van der Waals surface area contributed by atoms with Crippen LogP contribution in [0, 0.1) is 11.6 Å². The topological polar surface area (TPSA) is 20.7 Å². The van der Waals surface area contributed by atoms with Crippen molar-refractivity contribution in [1.29, 1.82) is 0 Å². The summed E-state index contributed by atoms with van der Waals surface area (Å²) >= 11 is 12.8. The summed E-state index contributed by atoms with van der Waals surface area (Å²) in [6, 6.07) is 7.76. The van der Waals surface area contributed by atoms with Gasteiger partial charge in [-0.2, -0.15) is 0 Å². The minimum absolute atomic E-state index is 0.749. The van der Waals surface area contributed by atoms with Gasteiger partial charge in [0.25, 0.3) is 0 Å². The number of halogens is 1. The highest BCUT2D eigenvalue weighted by Gasteiger charge is 2.07. The Balaban J connectivity index is 2.34. The lowest BCUT2D eigenvalue weighted by Gasteiger charge is -1.99. The summed E-state index contributed by atoms with van der Waals surface area (Å²) in [6.45, 7) is 2.02. The highest BCUT2D eigenvalue weighted by molar-refractivity contribution is 7.99. The highest BCUT2D eigenvalue weighted by Crippen LogP contribution is 2.31.